The van der Waals surface area contributed by atoms with Gasteiger partial charge in [-0.15, -0.1) is 0 Å². The van der Waals surface area contributed by atoms with Gasteiger partial charge in [-0.05, 0) is 31.5 Å². The maximum absolute atomic E-state index is 10.4. The van der Waals surface area contributed by atoms with Gasteiger partial charge >= 0.3 is 0 Å². The van der Waals surface area contributed by atoms with Crippen LogP contribution in [0.2, 0.25) is 0 Å². The number of nitro benzene ring substituents is 1. The lowest BCUT2D eigenvalue weighted by Gasteiger charge is -1.91. The predicted octanol–water partition coefficient (Wildman–Crippen LogP) is 2.08. The zero-order chi connectivity index (χ0) is 11.8. The van der Waals surface area contributed by atoms with Gasteiger partial charge in [-0.25, -0.2) is 0 Å². The van der Waals surface area contributed by atoms with Crippen LogP contribution in [-0.2, 0) is 0 Å². The molecule has 1 aromatic carbocycles. The summed E-state index contributed by atoms with van der Waals surface area (Å²) in [6, 6.07) is 6.25. The average molecular weight is 218 g/mol. The maximum atomic E-state index is 10.4. The second kappa shape index (κ2) is 6.59. The molecular weight excluding hydrogens is 204 g/mol. The van der Waals surface area contributed by atoms with Crippen molar-refractivity contribution < 1.29 is 4.92 Å². The van der Waals surface area contributed by atoms with Gasteiger partial charge < -0.3 is 5.73 Å². The molecular formula is C12H14N2O2. The highest BCUT2D eigenvalue weighted by Crippen LogP contribution is 2.10. The minimum Gasteiger partial charge on any atom is -0.330 e. The summed E-state index contributed by atoms with van der Waals surface area (Å²) in [5.74, 6) is 5.97. The number of non-ortho nitro benzene ring substituents is 1. The fourth-order valence-electron chi connectivity index (χ4n) is 1.19. The number of nitrogens with zero attached hydrogens (tertiary/aromatic N) is 1. The minimum atomic E-state index is -0.418. The number of hydrogen-bond acceptors (Lipinski definition) is 3. The highest BCUT2D eigenvalue weighted by molar-refractivity contribution is 5.40. The molecule has 0 aliphatic heterocycles. The zero-order valence-electron chi connectivity index (χ0n) is 8.98. The van der Waals surface area contributed by atoms with Gasteiger partial charge in [0, 0.05) is 24.1 Å². The number of rotatable bonds is 4. The van der Waals surface area contributed by atoms with E-state index >= 15 is 0 Å². The van der Waals surface area contributed by atoms with Gasteiger partial charge in [0.1, 0.15) is 0 Å². The standard InChI is InChI=1S/C12H14N2O2/c13-10-4-2-1-3-5-11-6-8-12(9-7-11)14(15)16/h6-9H,1-2,4,10,13H2. The van der Waals surface area contributed by atoms with Crippen LogP contribution in [0.1, 0.15) is 24.8 Å². The van der Waals surface area contributed by atoms with Gasteiger partial charge in [0.2, 0.25) is 0 Å². The van der Waals surface area contributed by atoms with E-state index in [1.54, 1.807) is 12.1 Å². The third-order valence-corrected chi connectivity index (χ3v) is 2.07. The number of nitrogens with two attached hydrogens (primary N) is 1. The smallest absolute Gasteiger partial charge is 0.269 e. The predicted molar refractivity (Wildman–Crippen MR) is 62.9 cm³/mol. The quantitative estimate of drug-likeness (QED) is 0.364. The first-order valence-electron chi connectivity index (χ1n) is 5.17. The molecule has 0 radical (unpaired) electrons. The summed E-state index contributed by atoms with van der Waals surface area (Å²) >= 11 is 0. The van der Waals surface area contributed by atoms with Crippen molar-refractivity contribution in [2.75, 3.05) is 6.54 Å². The number of benzene rings is 1. The van der Waals surface area contributed by atoms with Gasteiger partial charge in [0.25, 0.3) is 5.69 Å². The number of hydrogen-bond donors (Lipinski definition) is 1. The lowest BCUT2D eigenvalue weighted by atomic mass is 10.2. The van der Waals surface area contributed by atoms with Gasteiger partial charge in [-0.1, -0.05) is 11.8 Å². The molecule has 0 spiro atoms. The van der Waals surface area contributed by atoms with E-state index in [1.165, 1.54) is 12.1 Å². The minimum absolute atomic E-state index is 0.0914. The topological polar surface area (TPSA) is 69.2 Å². The second-order valence-corrected chi connectivity index (χ2v) is 3.35. The first-order chi connectivity index (χ1) is 7.74. The van der Waals surface area contributed by atoms with Crippen LogP contribution in [0, 0.1) is 22.0 Å². The van der Waals surface area contributed by atoms with Crippen molar-refractivity contribution in [1.82, 2.24) is 0 Å². The molecule has 0 aromatic heterocycles. The molecule has 0 saturated carbocycles. The van der Waals surface area contributed by atoms with Gasteiger partial charge in [-0.2, -0.15) is 0 Å². The van der Waals surface area contributed by atoms with Crippen LogP contribution in [0.5, 0.6) is 0 Å². The van der Waals surface area contributed by atoms with Gasteiger partial charge in [-0.3, -0.25) is 10.1 Å². The van der Waals surface area contributed by atoms with Crippen LogP contribution < -0.4 is 5.73 Å². The fraction of sp³-hybridized carbons (Fsp3) is 0.333. The van der Waals surface area contributed by atoms with Crippen LogP contribution in [0.4, 0.5) is 5.69 Å². The van der Waals surface area contributed by atoms with Crippen LogP contribution >= 0.6 is 0 Å². The van der Waals surface area contributed by atoms with Crippen LogP contribution in [0.15, 0.2) is 24.3 Å². The van der Waals surface area contributed by atoms with Crippen molar-refractivity contribution in [2.24, 2.45) is 5.73 Å². The van der Waals surface area contributed by atoms with Gasteiger partial charge in [0.15, 0.2) is 0 Å². The van der Waals surface area contributed by atoms with E-state index in [0.717, 1.165) is 24.8 Å². The van der Waals surface area contributed by atoms with Crippen molar-refractivity contribution >= 4 is 5.69 Å². The summed E-state index contributed by atoms with van der Waals surface area (Å²) in [6.45, 7) is 0.694. The van der Waals surface area contributed by atoms with Gasteiger partial charge in [0.05, 0.1) is 4.92 Å². The molecule has 1 rings (SSSR count). The Kier molecular flexibility index (Phi) is 5.03. The Morgan fingerprint density at radius 3 is 2.50 bits per heavy atom. The Balaban J connectivity index is 2.51. The van der Waals surface area contributed by atoms with E-state index in [9.17, 15) is 10.1 Å². The summed E-state index contributed by atoms with van der Waals surface area (Å²) in [6.07, 6.45) is 2.79. The van der Waals surface area contributed by atoms with E-state index in [2.05, 4.69) is 11.8 Å². The van der Waals surface area contributed by atoms with E-state index in [1.807, 2.05) is 0 Å². The summed E-state index contributed by atoms with van der Waals surface area (Å²) in [7, 11) is 0. The normalized spacial score (nSPS) is 9.31. The van der Waals surface area contributed by atoms with E-state index < -0.39 is 4.92 Å². The van der Waals surface area contributed by atoms with Crippen LogP contribution in [0.3, 0.4) is 0 Å². The molecule has 0 aliphatic carbocycles. The fourth-order valence-corrected chi connectivity index (χ4v) is 1.19. The highest BCUT2D eigenvalue weighted by Gasteiger charge is 2.01. The van der Waals surface area contributed by atoms with Crippen molar-refractivity contribution in [2.45, 2.75) is 19.3 Å². The zero-order valence-corrected chi connectivity index (χ0v) is 8.98. The average Bonchev–Trinajstić information content (AvgIpc) is 2.29. The van der Waals surface area contributed by atoms with E-state index in [-0.39, 0.29) is 5.69 Å². The summed E-state index contributed by atoms with van der Waals surface area (Å²) in [4.78, 5) is 9.98. The van der Waals surface area contributed by atoms with E-state index in [4.69, 9.17) is 5.73 Å². The second-order valence-electron chi connectivity index (χ2n) is 3.35. The Hall–Kier alpha value is -1.86. The summed E-state index contributed by atoms with van der Waals surface area (Å²) < 4.78 is 0. The molecule has 0 fully saturated rings. The highest BCUT2D eigenvalue weighted by atomic mass is 16.6. The maximum Gasteiger partial charge on any atom is 0.269 e. The molecule has 0 saturated heterocycles. The third kappa shape index (κ3) is 4.11. The molecule has 0 atom stereocenters. The molecule has 4 heteroatoms. The van der Waals surface area contributed by atoms with Crippen LogP contribution in [0.25, 0.3) is 0 Å². The molecule has 0 amide bonds. The molecule has 1 aromatic rings. The lowest BCUT2D eigenvalue weighted by Crippen LogP contribution is -1.96. The molecule has 84 valence electrons. The number of nitro groups is 1. The largest absolute Gasteiger partial charge is 0.330 e. The third-order valence-electron chi connectivity index (χ3n) is 2.07. The SMILES string of the molecule is NCCCCC#Cc1ccc([N+](=O)[O-])cc1. The monoisotopic (exact) mass is 218 g/mol. The van der Waals surface area contributed by atoms with Crippen molar-refractivity contribution in [3.05, 3.63) is 39.9 Å². The molecule has 2 N–H and O–H groups in total. The summed E-state index contributed by atoms with van der Waals surface area (Å²) in [5.41, 5.74) is 6.25. The Morgan fingerprint density at radius 1 is 1.25 bits per heavy atom. The van der Waals surface area contributed by atoms with E-state index in [0.29, 0.717) is 6.54 Å². The van der Waals surface area contributed by atoms with Crippen LogP contribution in [-0.4, -0.2) is 11.5 Å². The molecule has 0 heterocycles. The molecule has 0 bridgehead atoms. The Morgan fingerprint density at radius 2 is 1.94 bits per heavy atom. The van der Waals surface area contributed by atoms with Crippen molar-refractivity contribution in [1.29, 1.82) is 0 Å². The number of unbranched alkanes of at least 4 members (excludes halogenated alkanes) is 2. The van der Waals surface area contributed by atoms with Crippen molar-refractivity contribution in [3.63, 3.8) is 0 Å². The molecule has 0 unspecified atom stereocenters. The van der Waals surface area contributed by atoms with Crippen molar-refractivity contribution in [3.8, 4) is 11.8 Å². The summed E-state index contributed by atoms with van der Waals surface area (Å²) in [5, 5.41) is 10.4. The Labute approximate surface area is 94.6 Å². The first kappa shape index (κ1) is 12.2. The molecule has 16 heavy (non-hydrogen) atoms. The first-order valence-corrected chi connectivity index (χ1v) is 5.17. The lowest BCUT2D eigenvalue weighted by molar-refractivity contribution is -0.384. The molecule has 0 aliphatic rings. The molecule has 4 nitrogen and oxygen atoms in total. The Bertz CT molecular complexity index is 401.